The van der Waals surface area contributed by atoms with E-state index in [9.17, 15) is 9.59 Å². The second-order valence-electron chi connectivity index (χ2n) is 6.97. The maximum atomic E-state index is 13.1. The fourth-order valence-corrected chi connectivity index (χ4v) is 3.89. The SMILES string of the molecule is COC(=O)[C@H](NC(=O)N1CCc2[nH]cnc2[C@@H]1c1ccc(Cl)cc1Cl)C(C)C. The summed E-state index contributed by atoms with van der Waals surface area (Å²) in [6, 6.07) is 3.53. The largest absolute Gasteiger partial charge is 0.467 e. The summed E-state index contributed by atoms with van der Waals surface area (Å²) in [4.78, 5) is 34.4. The third kappa shape index (κ3) is 3.95. The van der Waals surface area contributed by atoms with Crippen LogP contribution in [0.5, 0.6) is 0 Å². The van der Waals surface area contributed by atoms with Crippen molar-refractivity contribution in [3.63, 3.8) is 0 Å². The third-order valence-corrected chi connectivity index (χ3v) is 5.41. The maximum Gasteiger partial charge on any atom is 0.328 e. The van der Waals surface area contributed by atoms with Crippen molar-refractivity contribution in [3.8, 4) is 0 Å². The van der Waals surface area contributed by atoms with Gasteiger partial charge in [0.2, 0.25) is 0 Å². The van der Waals surface area contributed by atoms with Gasteiger partial charge >= 0.3 is 12.0 Å². The Labute approximate surface area is 173 Å². The monoisotopic (exact) mass is 424 g/mol. The van der Waals surface area contributed by atoms with E-state index >= 15 is 0 Å². The molecule has 2 N–H and O–H groups in total. The van der Waals surface area contributed by atoms with Crippen LogP contribution >= 0.6 is 23.2 Å². The number of hydrogen-bond donors (Lipinski definition) is 2. The number of aromatic amines is 1. The van der Waals surface area contributed by atoms with E-state index in [1.807, 2.05) is 13.8 Å². The topological polar surface area (TPSA) is 87.3 Å². The average Bonchev–Trinajstić information content (AvgIpc) is 3.13. The van der Waals surface area contributed by atoms with Gasteiger partial charge in [-0.3, -0.25) is 0 Å². The van der Waals surface area contributed by atoms with Crippen molar-refractivity contribution in [2.45, 2.75) is 32.4 Å². The van der Waals surface area contributed by atoms with Crippen molar-refractivity contribution < 1.29 is 14.3 Å². The molecule has 150 valence electrons. The summed E-state index contributed by atoms with van der Waals surface area (Å²) in [6.07, 6.45) is 2.23. The van der Waals surface area contributed by atoms with Gasteiger partial charge in [-0.1, -0.05) is 43.1 Å². The van der Waals surface area contributed by atoms with Crippen LogP contribution in [0.15, 0.2) is 24.5 Å². The summed E-state index contributed by atoms with van der Waals surface area (Å²) in [7, 11) is 1.30. The fourth-order valence-electron chi connectivity index (χ4n) is 3.37. The number of carbonyl (C=O) groups excluding carboxylic acids is 2. The van der Waals surface area contributed by atoms with Crippen LogP contribution in [0.1, 0.15) is 36.8 Å². The highest BCUT2D eigenvalue weighted by molar-refractivity contribution is 6.35. The van der Waals surface area contributed by atoms with E-state index < -0.39 is 18.1 Å². The number of esters is 1. The van der Waals surface area contributed by atoms with Crippen LogP contribution in [-0.4, -0.2) is 46.6 Å². The van der Waals surface area contributed by atoms with E-state index in [2.05, 4.69) is 15.3 Å². The zero-order chi connectivity index (χ0) is 20.4. The summed E-state index contributed by atoms with van der Waals surface area (Å²) in [6.45, 7) is 4.13. The van der Waals surface area contributed by atoms with E-state index in [4.69, 9.17) is 27.9 Å². The number of ether oxygens (including phenoxy) is 1. The van der Waals surface area contributed by atoms with Gasteiger partial charge in [-0.2, -0.15) is 0 Å². The zero-order valence-corrected chi connectivity index (χ0v) is 17.3. The van der Waals surface area contributed by atoms with E-state index in [0.29, 0.717) is 28.6 Å². The minimum Gasteiger partial charge on any atom is -0.467 e. The molecule has 0 radical (unpaired) electrons. The van der Waals surface area contributed by atoms with Crippen molar-refractivity contribution in [3.05, 3.63) is 51.5 Å². The molecule has 28 heavy (non-hydrogen) atoms. The van der Waals surface area contributed by atoms with Crippen LogP contribution in [0.3, 0.4) is 0 Å². The first-order valence-electron chi connectivity index (χ1n) is 8.95. The lowest BCUT2D eigenvalue weighted by atomic mass is 9.95. The standard InChI is InChI=1S/C19H22Cl2N4O3/c1-10(2)15(18(26)28-3)24-19(27)25-7-6-14-16(23-9-22-14)17(25)12-5-4-11(20)8-13(12)21/h4-5,8-10,15,17H,6-7H2,1-3H3,(H,22,23)(H,24,27)/t15-,17+/m1/s1. The molecule has 3 rings (SSSR count). The summed E-state index contributed by atoms with van der Waals surface area (Å²) in [5.74, 6) is -0.610. The first kappa shape index (κ1) is 20.5. The lowest BCUT2D eigenvalue weighted by molar-refractivity contribution is -0.144. The van der Waals surface area contributed by atoms with Crippen LogP contribution in [0.25, 0.3) is 0 Å². The molecule has 7 nitrogen and oxygen atoms in total. The van der Waals surface area contributed by atoms with Gasteiger partial charge in [0, 0.05) is 28.7 Å². The number of nitrogens with zero attached hydrogens (tertiary/aromatic N) is 2. The number of amides is 2. The number of rotatable bonds is 4. The molecule has 0 aliphatic carbocycles. The molecule has 0 unspecified atom stereocenters. The number of urea groups is 1. The van der Waals surface area contributed by atoms with E-state index in [0.717, 1.165) is 11.4 Å². The second kappa shape index (κ2) is 8.41. The van der Waals surface area contributed by atoms with Crippen molar-refractivity contribution in [2.24, 2.45) is 5.92 Å². The van der Waals surface area contributed by atoms with Crippen LogP contribution in [0.2, 0.25) is 10.0 Å². The Morgan fingerprint density at radius 3 is 2.75 bits per heavy atom. The van der Waals surface area contributed by atoms with Crippen molar-refractivity contribution in [1.82, 2.24) is 20.2 Å². The molecule has 1 aliphatic rings. The molecule has 0 fully saturated rings. The highest BCUT2D eigenvalue weighted by Crippen LogP contribution is 2.37. The molecule has 0 spiro atoms. The van der Waals surface area contributed by atoms with Gasteiger partial charge in [0.05, 0.1) is 19.1 Å². The van der Waals surface area contributed by atoms with Crippen molar-refractivity contribution in [1.29, 1.82) is 0 Å². The van der Waals surface area contributed by atoms with Gasteiger partial charge in [-0.05, 0) is 23.6 Å². The first-order valence-corrected chi connectivity index (χ1v) is 9.71. The minimum absolute atomic E-state index is 0.125. The molecule has 1 aromatic heterocycles. The molecule has 0 bridgehead atoms. The summed E-state index contributed by atoms with van der Waals surface area (Å²) in [5.41, 5.74) is 2.40. The van der Waals surface area contributed by atoms with E-state index in [1.165, 1.54) is 7.11 Å². The number of hydrogen-bond acceptors (Lipinski definition) is 4. The van der Waals surface area contributed by atoms with Gasteiger partial charge in [-0.25, -0.2) is 14.6 Å². The van der Waals surface area contributed by atoms with Gasteiger partial charge in [-0.15, -0.1) is 0 Å². The quantitative estimate of drug-likeness (QED) is 0.734. The molecule has 9 heteroatoms. The molecular formula is C19H22Cl2N4O3. The molecule has 1 aliphatic heterocycles. The molecule has 1 aromatic carbocycles. The Morgan fingerprint density at radius 2 is 2.11 bits per heavy atom. The Kier molecular flexibility index (Phi) is 6.15. The summed E-state index contributed by atoms with van der Waals surface area (Å²) >= 11 is 12.5. The Bertz CT molecular complexity index is 884. The highest BCUT2D eigenvalue weighted by Gasteiger charge is 2.37. The van der Waals surface area contributed by atoms with Crippen LogP contribution < -0.4 is 5.32 Å². The molecule has 2 aromatic rings. The van der Waals surface area contributed by atoms with Gasteiger partial charge < -0.3 is 19.9 Å². The number of methoxy groups -OCH3 is 1. The number of carbonyl (C=O) groups is 2. The summed E-state index contributed by atoms with van der Waals surface area (Å²) < 4.78 is 4.82. The predicted molar refractivity (Wildman–Crippen MR) is 106 cm³/mol. The van der Waals surface area contributed by atoms with Gasteiger partial charge in [0.15, 0.2) is 0 Å². The molecular weight excluding hydrogens is 403 g/mol. The third-order valence-electron chi connectivity index (χ3n) is 4.84. The average molecular weight is 425 g/mol. The Balaban J connectivity index is 1.96. The summed E-state index contributed by atoms with van der Waals surface area (Å²) in [5, 5.41) is 3.75. The molecule has 0 saturated heterocycles. The highest BCUT2D eigenvalue weighted by atomic mass is 35.5. The van der Waals surface area contributed by atoms with Gasteiger partial charge in [0.25, 0.3) is 0 Å². The number of aromatic nitrogens is 2. The van der Waals surface area contributed by atoms with Crippen LogP contribution in [0.4, 0.5) is 4.79 Å². The normalized spacial score (nSPS) is 17.2. The fraction of sp³-hybridized carbons (Fsp3) is 0.421. The number of fused-ring (bicyclic) bond motifs is 1. The molecule has 2 amide bonds. The van der Waals surface area contributed by atoms with Crippen LogP contribution in [0, 0.1) is 5.92 Å². The van der Waals surface area contributed by atoms with Crippen molar-refractivity contribution >= 4 is 35.2 Å². The molecule has 2 atom stereocenters. The lowest BCUT2D eigenvalue weighted by Gasteiger charge is -2.36. The van der Waals surface area contributed by atoms with Crippen LogP contribution in [-0.2, 0) is 16.0 Å². The smallest absolute Gasteiger partial charge is 0.328 e. The number of imidazole rings is 1. The second-order valence-corrected chi connectivity index (χ2v) is 7.82. The number of H-pyrrole nitrogens is 1. The first-order chi connectivity index (χ1) is 13.3. The van der Waals surface area contributed by atoms with E-state index in [-0.39, 0.29) is 11.9 Å². The lowest BCUT2D eigenvalue weighted by Crippen LogP contribution is -2.53. The predicted octanol–water partition coefficient (Wildman–Crippen LogP) is 3.57. The minimum atomic E-state index is -0.751. The Morgan fingerprint density at radius 1 is 1.36 bits per heavy atom. The number of nitrogens with one attached hydrogen (secondary N) is 2. The number of benzene rings is 1. The zero-order valence-electron chi connectivity index (χ0n) is 15.8. The number of halogens is 2. The van der Waals surface area contributed by atoms with Gasteiger partial charge in [0.1, 0.15) is 12.1 Å². The molecule has 0 saturated carbocycles. The molecule has 2 heterocycles. The van der Waals surface area contributed by atoms with Crippen molar-refractivity contribution in [2.75, 3.05) is 13.7 Å². The Hall–Kier alpha value is -2.25. The van der Waals surface area contributed by atoms with E-state index in [1.54, 1.807) is 29.4 Å². The maximum absolute atomic E-state index is 13.1.